The number of nitrogens with one attached hydrogen (secondary N) is 1. The summed E-state index contributed by atoms with van der Waals surface area (Å²) in [6.07, 6.45) is 3.38. The molecule has 1 aromatic heterocycles. The van der Waals surface area contributed by atoms with Crippen molar-refractivity contribution in [2.45, 2.75) is 32.4 Å². The van der Waals surface area contributed by atoms with Gasteiger partial charge in [-0.25, -0.2) is 4.68 Å². The Balaban J connectivity index is 1.76. The number of hydrogen-bond acceptors (Lipinski definition) is 4. The van der Waals surface area contributed by atoms with Gasteiger partial charge in [-0.1, -0.05) is 56.3 Å². The number of fused-ring (bicyclic) bond motifs is 1. The van der Waals surface area contributed by atoms with Crippen molar-refractivity contribution < 1.29 is 13.5 Å². The van der Waals surface area contributed by atoms with Crippen molar-refractivity contribution in [1.29, 1.82) is 0 Å². The standard InChI is InChI=1S/C21H20F2N4O/c1-13(2)14-7-9-15(10-8-14)17-11-18(27-21(26-17)24-12-25-27)16-5-3-4-6-19(16)28-20(22)23/h3-13,18,20H,1-2H3,(H,24,25,26). The van der Waals surface area contributed by atoms with Crippen LogP contribution in [0.1, 0.15) is 42.5 Å². The van der Waals surface area contributed by atoms with E-state index in [4.69, 9.17) is 4.74 Å². The summed E-state index contributed by atoms with van der Waals surface area (Å²) < 4.78 is 32.1. The molecule has 0 saturated carbocycles. The van der Waals surface area contributed by atoms with Crippen LogP contribution >= 0.6 is 0 Å². The molecule has 1 atom stereocenters. The summed E-state index contributed by atoms with van der Waals surface area (Å²) in [7, 11) is 0. The van der Waals surface area contributed by atoms with E-state index in [2.05, 4.69) is 41.4 Å². The normalized spacial score (nSPS) is 15.9. The second-order valence-electron chi connectivity index (χ2n) is 6.87. The first kappa shape index (κ1) is 18.2. The predicted molar refractivity (Wildman–Crippen MR) is 103 cm³/mol. The average molecular weight is 382 g/mol. The number of allylic oxidation sites excluding steroid dienone is 1. The van der Waals surface area contributed by atoms with Crippen LogP contribution in [0.2, 0.25) is 0 Å². The quantitative estimate of drug-likeness (QED) is 0.670. The minimum Gasteiger partial charge on any atom is -0.434 e. The number of rotatable bonds is 5. The molecule has 144 valence electrons. The van der Waals surface area contributed by atoms with Gasteiger partial charge in [-0.05, 0) is 29.2 Å². The van der Waals surface area contributed by atoms with Crippen molar-refractivity contribution in [3.63, 3.8) is 0 Å². The minimum atomic E-state index is -2.90. The van der Waals surface area contributed by atoms with Crippen LogP contribution in [0.3, 0.4) is 0 Å². The van der Waals surface area contributed by atoms with E-state index in [0.717, 1.165) is 11.3 Å². The minimum absolute atomic E-state index is 0.122. The second-order valence-corrected chi connectivity index (χ2v) is 6.87. The molecule has 0 fully saturated rings. The average Bonchev–Trinajstić information content (AvgIpc) is 3.16. The Bertz CT molecular complexity index is 996. The highest BCUT2D eigenvalue weighted by molar-refractivity contribution is 5.77. The van der Waals surface area contributed by atoms with E-state index in [9.17, 15) is 8.78 Å². The molecular weight excluding hydrogens is 362 g/mol. The van der Waals surface area contributed by atoms with Crippen LogP contribution < -0.4 is 10.1 Å². The first-order valence-electron chi connectivity index (χ1n) is 9.05. The van der Waals surface area contributed by atoms with E-state index >= 15 is 0 Å². The van der Waals surface area contributed by atoms with Gasteiger partial charge in [0.05, 0.1) is 0 Å². The number of benzene rings is 2. The Labute approximate surface area is 161 Å². The van der Waals surface area contributed by atoms with E-state index in [1.807, 2.05) is 18.2 Å². The topological polar surface area (TPSA) is 52.0 Å². The fourth-order valence-electron chi connectivity index (χ4n) is 3.30. The van der Waals surface area contributed by atoms with Crippen molar-refractivity contribution in [3.8, 4) is 5.75 Å². The Morgan fingerprint density at radius 1 is 1.07 bits per heavy atom. The first-order valence-corrected chi connectivity index (χ1v) is 9.05. The lowest BCUT2D eigenvalue weighted by Gasteiger charge is -2.25. The highest BCUT2D eigenvalue weighted by Crippen LogP contribution is 2.36. The molecular formula is C21H20F2N4O. The molecule has 1 aliphatic rings. The van der Waals surface area contributed by atoms with Gasteiger partial charge in [-0.15, -0.1) is 0 Å². The highest BCUT2D eigenvalue weighted by atomic mass is 19.3. The maximum absolute atomic E-state index is 12.9. The van der Waals surface area contributed by atoms with Gasteiger partial charge in [0.15, 0.2) is 0 Å². The van der Waals surface area contributed by atoms with Crippen molar-refractivity contribution >= 4 is 11.6 Å². The molecule has 3 aromatic rings. The summed E-state index contributed by atoms with van der Waals surface area (Å²) in [6.45, 7) is 1.39. The second kappa shape index (κ2) is 7.42. The largest absolute Gasteiger partial charge is 0.434 e. The van der Waals surface area contributed by atoms with Crippen LogP contribution in [0.25, 0.3) is 5.70 Å². The lowest BCUT2D eigenvalue weighted by molar-refractivity contribution is -0.0506. The maximum Gasteiger partial charge on any atom is 0.387 e. The SMILES string of the molecule is CC(C)c1ccc(C2=CC(c3ccccc3OC(F)F)n3ncnc3N2)cc1. The van der Waals surface area contributed by atoms with E-state index < -0.39 is 12.7 Å². The smallest absolute Gasteiger partial charge is 0.387 e. The zero-order chi connectivity index (χ0) is 19.7. The number of hydrogen-bond donors (Lipinski definition) is 1. The van der Waals surface area contributed by atoms with Crippen LogP contribution in [0.5, 0.6) is 5.75 Å². The molecule has 1 aliphatic heterocycles. The highest BCUT2D eigenvalue weighted by Gasteiger charge is 2.26. The zero-order valence-electron chi connectivity index (χ0n) is 15.5. The lowest BCUT2D eigenvalue weighted by Crippen LogP contribution is -2.21. The molecule has 0 amide bonds. The van der Waals surface area contributed by atoms with Crippen molar-refractivity contribution in [2.24, 2.45) is 0 Å². The zero-order valence-corrected chi connectivity index (χ0v) is 15.5. The molecule has 28 heavy (non-hydrogen) atoms. The summed E-state index contributed by atoms with van der Waals surface area (Å²) >= 11 is 0. The molecule has 7 heteroatoms. The summed E-state index contributed by atoms with van der Waals surface area (Å²) in [6, 6.07) is 14.6. The molecule has 2 heterocycles. The van der Waals surface area contributed by atoms with Crippen LogP contribution in [0, 0.1) is 0 Å². The van der Waals surface area contributed by atoms with E-state index in [-0.39, 0.29) is 5.75 Å². The third-order valence-corrected chi connectivity index (χ3v) is 4.75. The van der Waals surface area contributed by atoms with Crippen molar-refractivity contribution in [1.82, 2.24) is 14.8 Å². The molecule has 2 aromatic carbocycles. The molecule has 5 nitrogen and oxygen atoms in total. The van der Waals surface area contributed by atoms with Crippen LogP contribution in [0.15, 0.2) is 60.9 Å². The summed E-state index contributed by atoms with van der Waals surface area (Å²) in [5.74, 6) is 1.11. The molecule has 0 radical (unpaired) electrons. The molecule has 1 N–H and O–H groups in total. The van der Waals surface area contributed by atoms with Gasteiger partial charge < -0.3 is 10.1 Å². The third kappa shape index (κ3) is 3.47. The Hall–Kier alpha value is -3.22. The maximum atomic E-state index is 12.9. The first-order chi connectivity index (χ1) is 13.5. The van der Waals surface area contributed by atoms with Gasteiger partial charge >= 0.3 is 6.61 Å². The van der Waals surface area contributed by atoms with E-state index in [1.165, 1.54) is 18.0 Å². The fourth-order valence-corrected chi connectivity index (χ4v) is 3.30. The Morgan fingerprint density at radius 3 is 2.54 bits per heavy atom. The summed E-state index contributed by atoms with van der Waals surface area (Å²) in [5, 5.41) is 7.52. The summed E-state index contributed by atoms with van der Waals surface area (Å²) in [4.78, 5) is 4.26. The number of aromatic nitrogens is 3. The number of nitrogens with zero attached hydrogens (tertiary/aromatic N) is 3. The van der Waals surface area contributed by atoms with Crippen molar-refractivity contribution in [2.75, 3.05) is 5.32 Å². The molecule has 0 bridgehead atoms. The number of halogens is 2. The number of alkyl halides is 2. The van der Waals surface area contributed by atoms with Crippen LogP contribution in [-0.4, -0.2) is 21.4 Å². The molecule has 1 unspecified atom stereocenters. The van der Waals surface area contributed by atoms with Gasteiger partial charge in [-0.3, -0.25) is 0 Å². The van der Waals surface area contributed by atoms with Gasteiger partial charge in [0.1, 0.15) is 18.1 Å². The number of para-hydroxylation sites is 1. The molecule has 0 saturated heterocycles. The Kier molecular flexibility index (Phi) is 4.81. The number of anilines is 1. The van der Waals surface area contributed by atoms with Gasteiger partial charge in [-0.2, -0.15) is 18.9 Å². The van der Waals surface area contributed by atoms with Gasteiger partial charge in [0.2, 0.25) is 5.95 Å². The third-order valence-electron chi connectivity index (χ3n) is 4.75. The fraction of sp³-hybridized carbons (Fsp3) is 0.238. The molecule has 0 spiro atoms. The lowest BCUT2D eigenvalue weighted by atomic mass is 9.98. The molecule has 4 rings (SSSR count). The number of ether oxygens (including phenoxy) is 1. The monoisotopic (exact) mass is 382 g/mol. The van der Waals surface area contributed by atoms with Gasteiger partial charge in [0, 0.05) is 11.3 Å². The summed E-state index contributed by atoms with van der Waals surface area (Å²) in [5.41, 5.74) is 3.66. The molecule has 0 aliphatic carbocycles. The Morgan fingerprint density at radius 2 is 1.82 bits per heavy atom. The van der Waals surface area contributed by atoms with Crippen LogP contribution in [0.4, 0.5) is 14.7 Å². The van der Waals surface area contributed by atoms with Gasteiger partial charge in [0.25, 0.3) is 0 Å². The predicted octanol–water partition coefficient (Wildman–Crippen LogP) is 5.06. The van der Waals surface area contributed by atoms with E-state index in [0.29, 0.717) is 17.4 Å². The van der Waals surface area contributed by atoms with Crippen molar-refractivity contribution in [3.05, 3.63) is 77.6 Å². The van der Waals surface area contributed by atoms with E-state index in [1.54, 1.807) is 22.9 Å². The van der Waals surface area contributed by atoms with Crippen LogP contribution in [-0.2, 0) is 0 Å².